The molecule has 0 spiro atoms. The monoisotopic (exact) mass is 471 g/mol. The number of amidine groups is 1. The van der Waals surface area contributed by atoms with Crippen molar-refractivity contribution in [2.45, 2.75) is 32.6 Å². The first-order valence-corrected chi connectivity index (χ1v) is 12.6. The summed E-state index contributed by atoms with van der Waals surface area (Å²) in [6.45, 7) is 9.14. The van der Waals surface area contributed by atoms with Gasteiger partial charge < -0.3 is 4.90 Å². The van der Waals surface area contributed by atoms with E-state index in [1.165, 1.54) is 27.8 Å². The molecule has 166 valence electrons. The largest absolute Gasteiger partial charge is 0.334 e. The first kappa shape index (κ1) is 21.9. The number of thioether (sulfide) groups is 2. The maximum atomic E-state index is 13.9. The lowest BCUT2D eigenvalue weighted by molar-refractivity contribution is -0.113. The highest BCUT2D eigenvalue weighted by atomic mass is 32.2. The summed E-state index contributed by atoms with van der Waals surface area (Å²) in [6, 6.07) is 22.5. The maximum Gasteiger partial charge on any atom is 0.274 e. The van der Waals surface area contributed by atoms with E-state index in [4.69, 9.17) is 4.99 Å². The molecule has 33 heavy (non-hydrogen) atoms. The standard InChI is InChI=1S/C27H25N3OS2/c1-5-29-22-11-6-7-12-23(22)32-26(29)24-25(31)30(21-10-8-9-17(2)15-21)27(33-24)28-20-14-13-18(3)19(4)16-20/h6-16H,5H2,1-4H3. The average Bonchev–Trinajstić information content (AvgIpc) is 3.33. The highest BCUT2D eigenvalue weighted by molar-refractivity contribution is 8.20. The Bertz CT molecular complexity index is 1330. The molecule has 0 bridgehead atoms. The van der Waals surface area contributed by atoms with Crippen molar-refractivity contribution in [3.05, 3.63) is 93.4 Å². The van der Waals surface area contributed by atoms with Gasteiger partial charge in [0.05, 0.1) is 17.1 Å². The summed E-state index contributed by atoms with van der Waals surface area (Å²) < 4.78 is 0. The van der Waals surface area contributed by atoms with Crippen molar-refractivity contribution in [1.82, 2.24) is 0 Å². The van der Waals surface area contributed by atoms with Crippen LogP contribution in [0.1, 0.15) is 23.6 Å². The molecule has 3 aromatic rings. The summed E-state index contributed by atoms with van der Waals surface area (Å²) in [4.78, 5) is 24.7. The van der Waals surface area contributed by atoms with Crippen molar-refractivity contribution < 1.29 is 4.79 Å². The Hall–Kier alpha value is -2.96. The third kappa shape index (κ3) is 3.98. The van der Waals surface area contributed by atoms with Gasteiger partial charge in [0.1, 0.15) is 9.93 Å². The van der Waals surface area contributed by atoms with Gasteiger partial charge in [-0.25, -0.2) is 4.99 Å². The number of aliphatic imine (C=N–C) groups is 1. The molecule has 6 heteroatoms. The third-order valence-electron chi connectivity index (χ3n) is 5.88. The number of para-hydroxylation sites is 1. The minimum Gasteiger partial charge on any atom is -0.334 e. The molecule has 0 unspecified atom stereocenters. The first-order chi connectivity index (χ1) is 16.0. The molecule has 0 radical (unpaired) electrons. The van der Waals surface area contributed by atoms with Crippen LogP contribution in [-0.4, -0.2) is 17.6 Å². The van der Waals surface area contributed by atoms with Crippen LogP contribution < -0.4 is 9.80 Å². The molecule has 4 nitrogen and oxygen atoms in total. The van der Waals surface area contributed by atoms with Gasteiger partial charge in [-0.1, -0.05) is 42.1 Å². The van der Waals surface area contributed by atoms with Crippen LogP contribution in [0, 0.1) is 20.8 Å². The number of aryl methyl sites for hydroxylation is 3. The highest BCUT2D eigenvalue weighted by Gasteiger charge is 2.40. The fraction of sp³-hybridized carbons (Fsp3) is 0.185. The Morgan fingerprint density at radius 1 is 0.879 bits per heavy atom. The van der Waals surface area contributed by atoms with Crippen molar-refractivity contribution in [2.75, 3.05) is 16.3 Å². The second kappa shape index (κ2) is 8.76. The Labute approximate surface area is 203 Å². The smallest absolute Gasteiger partial charge is 0.274 e. The van der Waals surface area contributed by atoms with E-state index < -0.39 is 0 Å². The van der Waals surface area contributed by atoms with E-state index in [9.17, 15) is 4.79 Å². The van der Waals surface area contributed by atoms with Gasteiger partial charge in [-0.2, -0.15) is 0 Å². The quantitative estimate of drug-likeness (QED) is 0.379. The second-order valence-electron chi connectivity index (χ2n) is 8.19. The van der Waals surface area contributed by atoms with E-state index in [2.05, 4.69) is 49.9 Å². The van der Waals surface area contributed by atoms with Crippen LogP contribution in [0.5, 0.6) is 0 Å². The zero-order valence-electron chi connectivity index (χ0n) is 19.1. The van der Waals surface area contributed by atoms with Gasteiger partial charge in [0.15, 0.2) is 5.17 Å². The van der Waals surface area contributed by atoms with Crippen molar-refractivity contribution in [1.29, 1.82) is 0 Å². The molecule has 0 N–H and O–H groups in total. The van der Waals surface area contributed by atoms with E-state index in [0.29, 0.717) is 5.17 Å². The number of anilines is 2. The molecule has 5 rings (SSSR count). The number of rotatable bonds is 3. The van der Waals surface area contributed by atoms with Crippen molar-refractivity contribution >= 4 is 51.7 Å². The van der Waals surface area contributed by atoms with Crippen molar-refractivity contribution in [3.8, 4) is 0 Å². The lowest BCUT2D eigenvalue weighted by Crippen LogP contribution is -2.29. The fourth-order valence-electron chi connectivity index (χ4n) is 4.00. The number of amides is 1. The van der Waals surface area contributed by atoms with Crippen molar-refractivity contribution in [3.63, 3.8) is 0 Å². The topological polar surface area (TPSA) is 35.9 Å². The van der Waals surface area contributed by atoms with Gasteiger partial charge in [0, 0.05) is 11.4 Å². The van der Waals surface area contributed by atoms with Gasteiger partial charge in [0.25, 0.3) is 5.91 Å². The summed E-state index contributed by atoms with van der Waals surface area (Å²) in [6.07, 6.45) is 0. The van der Waals surface area contributed by atoms with Crippen LogP contribution in [0.2, 0.25) is 0 Å². The Balaban J connectivity index is 1.64. The van der Waals surface area contributed by atoms with Gasteiger partial charge in [-0.05, 0) is 92.5 Å². The van der Waals surface area contributed by atoms with E-state index in [-0.39, 0.29) is 5.91 Å². The number of hydrogen-bond acceptors (Lipinski definition) is 5. The molecule has 0 atom stereocenters. The van der Waals surface area contributed by atoms with Crippen LogP contribution >= 0.6 is 23.5 Å². The van der Waals surface area contributed by atoms with Crippen molar-refractivity contribution in [2.24, 2.45) is 4.99 Å². The molecule has 1 fully saturated rings. The van der Waals surface area contributed by atoms with Crippen LogP contribution in [0.4, 0.5) is 17.1 Å². The first-order valence-electron chi connectivity index (χ1n) is 11.0. The number of nitrogens with zero attached hydrogens (tertiary/aromatic N) is 3. The molecule has 1 amide bonds. The maximum absolute atomic E-state index is 13.9. The van der Waals surface area contributed by atoms with Gasteiger partial charge in [-0.3, -0.25) is 9.69 Å². The Kier molecular flexibility index (Phi) is 5.81. The van der Waals surface area contributed by atoms with E-state index in [1.54, 1.807) is 16.7 Å². The normalized spacial score (nSPS) is 19.0. The van der Waals surface area contributed by atoms with E-state index in [0.717, 1.165) is 39.1 Å². The van der Waals surface area contributed by atoms with E-state index >= 15 is 0 Å². The minimum absolute atomic E-state index is 0.0260. The van der Waals surface area contributed by atoms with Crippen LogP contribution in [0.15, 0.2) is 86.6 Å². The van der Waals surface area contributed by atoms with Gasteiger partial charge in [-0.15, -0.1) is 0 Å². The van der Waals surface area contributed by atoms with Crippen LogP contribution in [0.3, 0.4) is 0 Å². The lowest BCUT2D eigenvalue weighted by Gasteiger charge is -2.19. The molecule has 2 heterocycles. The molecule has 2 aliphatic heterocycles. The summed E-state index contributed by atoms with van der Waals surface area (Å²) in [5, 5.41) is 1.67. The minimum atomic E-state index is -0.0260. The predicted octanol–water partition coefficient (Wildman–Crippen LogP) is 7.18. The molecule has 0 aliphatic carbocycles. The number of fused-ring (bicyclic) bond motifs is 1. The van der Waals surface area contributed by atoms with Crippen LogP contribution in [-0.2, 0) is 4.79 Å². The zero-order chi connectivity index (χ0) is 23.1. The lowest BCUT2D eigenvalue weighted by atomic mass is 10.1. The SMILES string of the molecule is CCN1C(=C2SC(=Nc3ccc(C)c(C)c3)N(c3cccc(C)c3)C2=O)Sc2ccccc21. The second-order valence-corrected chi connectivity index (χ2v) is 10.2. The van der Waals surface area contributed by atoms with Gasteiger partial charge in [0.2, 0.25) is 0 Å². The zero-order valence-corrected chi connectivity index (χ0v) is 20.8. The summed E-state index contributed by atoms with van der Waals surface area (Å²) in [5.41, 5.74) is 6.37. The highest BCUT2D eigenvalue weighted by Crippen LogP contribution is 2.51. The summed E-state index contributed by atoms with van der Waals surface area (Å²) in [7, 11) is 0. The number of hydrogen-bond donors (Lipinski definition) is 0. The number of benzene rings is 3. The number of carbonyl (C=O) groups is 1. The number of carbonyl (C=O) groups excluding carboxylic acids is 1. The molecule has 1 saturated heterocycles. The average molecular weight is 472 g/mol. The molecule has 2 aliphatic rings. The molecule has 0 aromatic heterocycles. The van der Waals surface area contributed by atoms with Crippen LogP contribution in [0.25, 0.3) is 0 Å². The molecular formula is C27H25N3OS2. The fourth-order valence-corrected chi connectivity index (χ4v) is 6.39. The molecular weight excluding hydrogens is 446 g/mol. The Morgan fingerprint density at radius 2 is 1.70 bits per heavy atom. The predicted molar refractivity (Wildman–Crippen MR) is 142 cm³/mol. The summed E-state index contributed by atoms with van der Waals surface area (Å²) in [5.74, 6) is -0.0260. The Morgan fingerprint density at radius 3 is 2.45 bits per heavy atom. The van der Waals surface area contributed by atoms with E-state index in [1.807, 2.05) is 49.4 Å². The van der Waals surface area contributed by atoms with Gasteiger partial charge >= 0.3 is 0 Å². The third-order valence-corrected chi connectivity index (χ3v) is 8.22. The molecule has 0 saturated carbocycles. The molecule has 3 aromatic carbocycles. The summed E-state index contributed by atoms with van der Waals surface area (Å²) >= 11 is 3.13.